The lowest BCUT2D eigenvalue weighted by molar-refractivity contribution is -0.122. The van der Waals surface area contributed by atoms with Gasteiger partial charge in [0.1, 0.15) is 5.78 Å². The van der Waals surface area contributed by atoms with E-state index in [0.717, 1.165) is 24.8 Å². The summed E-state index contributed by atoms with van der Waals surface area (Å²) < 4.78 is 4.92. The van der Waals surface area contributed by atoms with E-state index >= 15 is 0 Å². The summed E-state index contributed by atoms with van der Waals surface area (Å²) in [4.78, 5) is 11.8. The van der Waals surface area contributed by atoms with Crippen molar-refractivity contribution in [3.8, 4) is 0 Å². The van der Waals surface area contributed by atoms with Crippen LogP contribution in [0.5, 0.6) is 0 Å². The van der Waals surface area contributed by atoms with Gasteiger partial charge in [0.05, 0.1) is 12.5 Å². The van der Waals surface area contributed by atoms with Gasteiger partial charge >= 0.3 is 0 Å². The molecule has 1 aliphatic rings. The van der Waals surface area contributed by atoms with E-state index in [1.165, 1.54) is 0 Å². The number of carbonyl (C=O) groups is 1. The highest BCUT2D eigenvalue weighted by Gasteiger charge is 2.29. The minimum absolute atomic E-state index is 0.0740. The number of carbonyl (C=O) groups excluding carboxylic acids is 1. The molecular weight excluding hydrogens is 178 g/mol. The number of rotatable bonds is 3. The van der Waals surface area contributed by atoms with Crippen LogP contribution in [-0.2, 0) is 11.2 Å². The summed E-state index contributed by atoms with van der Waals surface area (Å²) >= 11 is 0. The van der Waals surface area contributed by atoms with Crippen LogP contribution in [0.15, 0.2) is 23.0 Å². The lowest BCUT2D eigenvalue weighted by atomic mass is 9.95. The highest BCUT2D eigenvalue weighted by atomic mass is 16.3. The second-order valence-corrected chi connectivity index (χ2v) is 3.98. The molecule has 3 heteroatoms. The van der Waals surface area contributed by atoms with Gasteiger partial charge in [0.15, 0.2) is 0 Å². The van der Waals surface area contributed by atoms with E-state index in [9.17, 15) is 4.79 Å². The highest BCUT2D eigenvalue weighted by molar-refractivity contribution is 5.84. The summed E-state index contributed by atoms with van der Waals surface area (Å²) in [6, 6.07) is 1.91. The Bertz CT molecular complexity index is 305. The molecule has 1 heterocycles. The molecule has 0 bridgehead atoms. The summed E-state index contributed by atoms with van der Waals surface area (Å²) in [7, 11) is 0. The minimum atomic E-state index is 0.0740. The largest absolute Gasteiger partial charge is 0.472 e. The van der Waals surface area contributed by atoms with Crippen LogP contribution in [0.2, 0.25) is 0 Å². The van der Waals surface area contributed by atoms with Crippen molar-refractivity contribution < 1.29 is 9.21 Å². The molecule has 14 heavy (non-hydrogen) atoms. The number of furan rings is 1. The van der Waals surface area contributed by atoms with Gasteiger partial charge in [0.2, 0.25) is 0 Å². The zero-order valence-corrected chi connectivity index (χ0v) is 8.11. The zero-order valence-electron chi connectivity index (χ0n) is 8.11. The quantitative estimate of drug-likeness (QED) is 0.791. The molecule has 0 amide bonds. The Labute approximate surface area is 83.3 Å². The van der Waals surface area contributed by atoms with Crippen LogP contribution in [0.3, 0.4) is 0 Å². The van der Waals surface area contributed by atoms with Gasteiger partial charge in [-0.2, -0.15) is 0 Å². The highest BCUT2D eigenvalue weighted by Crippen LogP contribution is 2.25. The normalized spacial score (nSPS) is 26.6. The molecule has 1 aromatic rings. The van der Waals surface area contributed by atoms with Gasteiger partial charge in [-0.05, 0) is 24.5 Å². The van der Waals surface area contributed by atoms with E-state index < -0.39 is 0 Å². The Morgan fingerprint density at radius 3 is 3.00 bits per heavy atom. The van der Waals surface area contributed by atoms with Crippen molar-refractivity contribution >= 4 is 5.78 Å². The van der Waals surface area contributed by atoms with E-state index in [2.05, 4.69) is 0 Å². The molecular formula is C11H15NO2. The molecule has 3 nitrogen and oxygen atoms in total. The first kappa shape index (κ1) is 9.46. The minimum Gasteiger partial charge on any atom is -0.472 e. The molecule has 0 spiro atoms. The summed E-state index contributed by atoms with van der Waals surface area (Å²) in [6.45, 7) is 0. The first-order chi connectivity index (χ1) is 6.77. The van der Waals surface area contributed by atoms with Crippen LogP contribution < -0.4 is 5.73 Å². The van der Waals surface area contributed by atoms with Crippen LogP contribution in [0.1, 0.15) is 24.8 Å². The molecule has 0 saturated heterocycles. The van der Waals surface area contributed by atoms with Crippen molar-refractivity contribution in [1.82, 2.24) is 0 Å². The van der Waals surface area contributed by atoms with Gasteiger partial charge in [-0.3, -0.25) is 4.79 Å². The third-order valence-electron chi connectivity index (χ3n) is 2.94. The fraction of sp³-hybridized carbons (Fsp3) is 0.545. The van der Waals surface area contributed by atoms with E-state index in [-0.39, 0.29) is 17.7 Å². The van der Waals surface area contributed by atoms with Gasteiger partial charge in [0, 0.05) is 18.4 Å². The van der Waals surface area contributed by atoms with Crippen molar-refractivity contribution in [3.05, 3.63) is 24.2 Å². The number of hydrogen-bond donors (Lipinski definition) is 1. The van der Waals surface area contributed by atoms with Crippen LogP contribution >= 0.6 is 0 Å². The van der Waals surface area contributed by atoms with Crippen LogP contribution in [-0.4, -0.2) is 11.8 Å². The molecule has 0 aromatic carbocycles. The predicted molar refractivity (Wildman–Crippen MR) is 52.7 cm³/mol. The Hall–Kier alpha value is -1.09. The van der Waals surface area contributed by atoms with E-state index in [1.807, 2.05) is 6.07 Å². The molecule has 2 unspecified atom stereocenters. The molecule has 1 aliphatic carbocycles. The number of hydrogen-bond acceptors (Lipinski definition) is 3. The van der Waals surface area contributed by atoms with E-state index in [4.69, 9.17) is 10.2 Å². The molecule has 0 radical (unpaired) electrons. The monoisotopic (exact) mass is 193 g/mol. The molecule has 2 rings (SSSR count). The second kappa shape index (κ2) is 3.96. The average Bonchev–Trinajstić information content (AvgIpc) is 2.75. The maximum absolute atomic E-state index is 11.8. The first-order valence-corrected chi connectivity index (χ1v) is 5.07. The standard InChI is InChI=1S/C11H15NO2/c12-10-3-1-2-9(10)11(13)6-8-4-5-14-7-8/h4-5,7,9-10H,1-3,6,12H2. The Morgan fingerprint density at radius 1 is 1.57 bits per heavy atom. The van der Waals surface area contributed by atoms with Crippen LogP contribution in [0, 0.1) is 5.92 Å². The van der Waals surface area contributed by atoms with Crippen molar-refractivity contribution in [2.75, 3.05) is 0 Å². The van der Waals surface area contributed by atoms with E-state index in [0.29, 0.717) is 6.42 Å². The van der Waals surface area contributed by atoms with Gasteiger partial charge < -0.3 is 10.2 Å². The fourth-order valence-corrected chi connectivity index (χ4v) is 2.11. The number of nitrogens with two attached hydrogens (primary N) is 1. The maximum atomic E-state index is 11.8. The van der Waals surface area contributed by atoms with Crippen molar-refractivity contribution in [2.45, 2.75) is 31.7 Å². The lowest BCUT2D eigenvalue weighted by Crippen LogP contribution is -2.31. The van der Waals surface area contributed by atoms with Crippen LogP contribution in [0.25, 0.3) is 0 Å². The Morgan fingerprint density at radius 2 is 2.43 bits per heavy atom. The molecule has 2 atom stereocenters. The topological polar surface area (TPSA) is 56.2 Å². The summed E-state index contributed by atoms with van der Waals surface area (Å²) in [5.74, 6) is 0.335. The first-order valence-electron chi connectivity index (χ1n) is 5.07. The van der Waals surface area contributed by atoms with Crippen LogP contribution in [0.4, 0.5) is 0 Å². The predicted octanol–water partition coefficient (Wildman–Crippen LogP) is 1.52. The average molecular weight is 193 g/mol. The molecule has 1 saturated carbocycles. The van der Waals surface area contributed by atoms with Gasteiger partial charge in [0.25, 0.3) is 0 Å². The lowest BCUT2D eigenvalue weighted by Gasteiger charge is -2.12. The molecule has 76 valence electrons. The Kier molecular flexibility index (Phi) is 2.68. The van der Waals surface area contributed by atoms with Crippen molar-refractivity contribution in [2.24, 2.45) is 11.7 Å². The molecule has 1 fully saturated rings. The summed E-state index contributed by atoms with van der Waals surface area (Å²) in [6.07, 6.45) is 6.72. The third kappa shape index (κ3) is 1.87. The summed E-state index contributed by atoms with van der Waals surface area (Å²) in [5.41, 5.74) is 6.82. The molecule has 0 aliphatic heterocycles. The van der Waals surface area contributed by atoms with Gasteiger partial charge in [-0.15, -0.1) is 0 Å². The van der Waals surface area contributed by atoms with Gasteiger partial charge in [-0.25, -0.2) is 0 Å². The molecule has 2 N–H and O–H groups in total. The third-order valence-corrected chi connectivity index (χ3v) is 2.94. The molecule has 1 aromatic heterocycles. The van der Waals surface area contributed by atoms with Gasteiger partial charge in [-0.1, -0.05) is 6.42 Å². The van der Waals surface area contributed by atoms with Crippen molar-refractivity contribution in [1.29, 1.82) is 0 Å². The maximum Gasteiger partial charge on any atom is 0.141 e. The SMILES string of the molecule is NC1CCCC1C(=O)Cc1ccoc1. The fourth-order valence-electron chi connectivity index (χ4n) is 2.11. The van der Waals surface area contributed by atoms with E-state index in [1.54, 1.807) is 12.5 Å². The zero-order chi connectivity index (χ0) is 9.97. The second-order valence-electron chi connectivity index (χ2n) is 3.98. The summed E-state index contributed by atoms with van der Waals surface area (Å²) in [5, 5.41) is 0. The Balaban J connectivity index is 1.95. The van der Waals surface area contributed by atoms with Crippen molar-refractivity contribution in [3.63, 3.8) is 0 Å². The number of Topliss-reactive ketones (excluding diaryl/α,β-unsaturated/α-hetero) is 1. The number of ketones is 1. The smallest absolute Gasteiger partial charge is 0.141 e.